The van der Waals surface area contributed by atoms with E-state index in [9.17, 15) is 19.2 Å². The van der Waals surface area contributed by atoms with E-state index >= 15 is 0 Å². The van der Waals surface area contributed by atoms with Gasteiger partial charge in [-0.25, -0.2) is 0 Å². The van der Waals surface area contributed by atoms with Crippen molar-refractivity contribution in [3.63, 3.8) is 0 Å². The molecular formula is C24H25N3O6S. The van der Waals surface area contributed by atoms with E-state index in [1.807, 2.05) is 32.0 Å². The molecular weight excluding hydrogens is 458 g/mol. The summed E-state index contributed by atoms with van der Waals surface area (Å²) in [7, 11) is 0. The molecule has 1 aliphatic heterocycles. The third kappa shape index (κ3) is 7.17. The van der Waals surface area contributed by atoms with E-state index in [2.05, 4.69) is 10.3 Å². The van der Waals surface area contributed by atoms with Crippen molar-refractivity contribution in [1.29, 1.82) is 0 Å². The first-order valence-corrected chi connectivity index (χ1v) is 11.4. The van der Waals surface area contributed by atoms with Crippen LogP contribution in [0, 0.1) is 13.8 Å². The number of aromatic nitrogens is 1. The topological polar surface area (TPSA) is 115 Å². The SMILES string of the molecule is Cc1ccc(C)c(OCCC(=O)OCC(=O)NCCN2C(=O)S/C(=C\c3cccnc3)C2=O)c1. The average Bonchev–Trinajstić information content (AvgIpc) is 3.08. The first-order chi connectivity index (χ1) is 16.3. The first kappa shape index (κ1) is 25.0. The standard InChI is InChI=1S/C24H25N3O6S/c1-16-5-6-17(2)19(12-16)32-11-7-22(29)33-15-21(28)26-9-10-27-23(30)20(34-24(27)31)13-18-4-3-8-25-14-18/h3-6,8,12-14H,7,9-11,15H2,1-2H3,(H,26,28)/b20-13-. The number of carbonyl (C=O) groups is 4. The monoisotopic (exact) mass is 483 g/mol. The lowest BCUT2D eigenvalue weighted by molar-refractivity contribution is -0.149. The van der Waals surface area contributed by atoms with Crippen LogP contribution in [-0.4, -0.2) is 59.2 Å². The number of hydrogen-bond donors (Lipinski definition) is 1. The summed E-state index contributed by atoms with van der Waals surface area (Å²) in [5.74, 6) is -0.815. The largest absolute Gasteiger partial charge is 0.493 e. The molecule has 1 aromatic heterocycles. The number of benzene rings is 1. The second-order valence-electron chi connectivity index (χ2n) is 7.50. The van der Waals surface area contributed by atoms with Crippen LogP contribution >= 0.6 is 11.8 Å². The molecule has 9 nitrogen and oxygen atoms in total. The fourth-order valence-corrected chi connectivity index (χ4v) is 3.85. The molecule has 0 atom stereocenters. The van der Waals surface area contributed by atoms with E-state index < -0.39 is 29.6 Å². The highest BCUT2D eigenvalue weighted by Crippen LogP contribution is 2.31. The number of thioether (sulfide) groups is 1. The van der Waals surface area contributed by atoms with E-state index in [1.165, 1.54) is 0 Å². The van der Waals surface area contributed by atoms with E-state index in [-0.39, 0.29) is 26.1 Å². The molecule has 1 aliphatic rings. The number of carbonyl (C=O) groups excluding carboxylic acids is 4. The van der Waals surface area contributed by atoms with Crippen molar-refractivity contribution in [2.24, 2.45) is 0 Å². The van der Waals surface area contributed by atoms with Gasteiger partial charge in [-0.1, -0.05) is 18.2 Å². The Balaban J connectivity index is 1.34. The fourth-order valence-electron chi connectivity index (χ4n) is 2.99. The second-order valence-corrected chi connectivity index (χ2v) is 8.49. The lowest BCUT2D eigenvalue weighted by atomic mass is 10.1. The Morgan fingerprint density at radius 1 is 1.21 bits per heavy atom. The van der Waals surface area contributed by atoms with Crippen molar-refractivity contribution < 1.29 is 28.7 Å². The van der Waals surface area contributed by atoms with Gasteiger partial charge in [-0.05, 0) is 60.5 Å². The molecule has 1 aromatic carbocycles. The van der Waals surface area contributed by atoms with Crippen LogP contribution in [0.3, 0.4) is 0 Å². The van der Waals surface area contributed by atoms with Crippen LogP contribution in [0.15, 0.2) is 47.6 Å². The van der Waals surface area contributed by atoms with Gasteiger partial charge in [-0.2, -0.15) is 0 Å². The molecule has 0 aliphatic carbocycles. The zero-order valence-electron chi connectivity index (χ0n) is 18.9. The summed E-state index contributed by atoms with van der Waals surface area (Å²) < 4.78 is 10.5. The summed E-state index contributed by atoms with van der Waals surface area (Å²) in [6.45, 7) is 3.60. The van der Waals surface area contributed by atoms with Crippen LogP contribution in [0.25, 0.3) is 6.08 Å². The van der Waals surface area contributed by atoms with Gasteiger partial charge in [0.1, 0.15) is 5.75 Å². The molecule has 3 rings (SSSR count). The minimum Gasteiger partial charge on any atom is -0.493 e. The van der Waals surface area contributed by atoms with Gasteiger partial charge in [-0.15, -0.1) is 0 Å². The summed E-state index contributed by atoms with van der Waals surface area (Å²) in [5, 5.41) is 2.12. The number of nitrogens with zero attached hydrogens (tertiary/aromatic N) is 2. The summed E-state index contributed by atoms with van der Waals surface area (Å²) in [6.07, 6.45) is 4.80. The van der Waals surface area contributed by atoms with Crippen molar-refractivity contribution in [2.45, 2.75) is 20.3 Å². The van der Waals surface area contributed by atoms with Crippen molar-refractivity contribution >= 4 is 40.9 Å². The smallest absolute Gasteiger partial charge is 0.309 e. The van der Waals surface area contributed by atoms with Gasteiger partial charge in [-0.3, -0.25) is 29.1 Å². The minimum absolute atomic E-state index is 0.000707. The van der Waals surface area contributed by atoms with Crippen LogP contribution in [0.4, 0.5) is 4.79 Å². The Hall–Kier alpha value is -3.66. The molecule has 0 radical (unpaired) electrons. The lowest BCUT2D eigenvalue weighted by Gasteiger charge is -2.13. The highest BCUT2D eigenvalue weighted by Gasteiger charge is 2.34. The molecule has 178 valence electrons. The highest BCUT2D eigenvalue weighted by molar-refractivity contribution is 8.18. The first-order valence-electron chi connectivity index (χ1n) is 10.6. The van der Waals surface area contributed by atoms with Crippen molar-refractivity contribution in [1.82, 2.24) is 15.2 Å². The third-order valence-electron chi connectivity index (χ3n) is 4.78. The number of rotatable bonds is 10. The normalized spacial score (nSPS) is 14.4. The average molecular weight is 484 g/mol. The fraction of sp³-hybridized carbons (Fsp3) is 0.292. The number of amides is 3. The second kappa shape index (κ2) is 12.0. The lowest BCUT2D eigenvalue weighted by Crippen LogP contribution is -2.38. The Labute approximate surface area is 201 Å². The van der Waals surface area contributed by atoms with Gasteiger partial charge in [0.2, 0.25) is 0 Å². The molecule has 0 unspecified atom stereocenters. The molecule has 2 heterocycles. The van der Waals surface area contributed by atoms with Gasteiger partial charge in [0, 0.05) is 25.5 Å². The zero-order valence-corrected chi connectivity index (χ0v) is 19.7. The highest BCUT2D eigenvalue weighted by atomic mass is 32.2. The third-order valence-corrected chi connectivity index (χ3v) is 5.69. The molecule has 10 heteroatoms. The summed E-state index contributed by atoms with van der Waals surface area (Å²) >= 11 is 0.834. The predicted molar refractivity (Wildman–Crippen MR) is 127 cm³/mol. The van der Waals surface area contributed by atoms with Gasteiger partial charge in [0.05, 0.1) is 17.9 Å². The number of hydrogen-bond acceptors (Lipinski definition) is 8. The van der Waals surface area contributed by atoms with Crippen LogP contribution in [0.2, 0.25) is 0 Å². The van der Waals surface area contributed by atoms with Gasteiger partial charge in [0.25, 0.3) is 17.1 Å². The van der Waals surface area contributed by atoms with E-state index in [0.29, 0.717) is 16.2 Å². The summed E-state index contributed by atoms with van der Waals surface area (Å²) in [4.78, 5) is 53.7. The van der Waals surface area contributed by atoms with E-state index in [4.69, 9.17) is 9.47 Å². The molecule has 1 saturated heterocycles. The maximum atomic E-state index is 12.5. The number of aryl methyl sites for hydroxylation is 2. The Morgan fingerprint density at radius 2 is 2.03 bits per heavy atom. The molecule has 0 spiro atoms. The van der Waals surface area contributed by atoms with E-state index in [0.717, 1.165) is 27.8 Å². The summed E-state index contributed by atoms with van der Waals surface area (Å²) in [6, 6.07) is 9.31. The van der Waals surface area contributed by atoms with E-state index in [1.54, 1.807) is 30.6 Å². The molecule has 2 aromatic rings. The maximum absolute atomic E-state index is 12.5. The molecule has 1 fully saturated rings. The molecule has 34 heavy (non-hydrogen) atoms. The number of pyridine rings is 1. The minimum atomic E-state index is -0.563. The predicted octanol–water partition coefficient (Wildman–Crippen LogP) is 2.86. The Bertz CT molecular complexity index is 1100. The van der Waals surface area contributed by atoms with Crippen molar-refractivity contribution in [3.05, 3.63) is 64.3 Å². The zero-order chi connectivity index (χ0) is 24.5. The Kier molecular flexibility index (Phi) is 8.80. The molecule has 1 N–H and O–H groups in total. The molecule has 0 saturated carbocycles. The maximum Gasteiger partial charge on any atom is 0.309 e. The quantitative estimate of drug-likeness (QED) is 0.405. The van der Waals surface area contributed by atoms with Gasteiger partial charge in [0.15, 0.2) is 6.61 Å². The molecule has 3 amide bonds. The van der Waals surface area contributed by atoms with Gasteiger partial charge < -0.3 is 14.8 Å². The number of imide groups is 1. The van der Waals surface area contributed by atoms with Crippen molar-refractivity contribution in [3.8, 4) is 5.75 Å². The van der Waals surface area contributed by atoms with Gasteiger partial charge >= 0.3 is 5.97 Å². The summed E-state index contributed by atoms with van der Waals surface area (Å²) in [5.41, 5.74) is 2.73. The van der Waals surface area contributed by atoms with Crippen LogP contribution in [0.1, 0.15) is 23.1 Å². The van der Waals surface area contributed by atoms with Crippen molar-refractivity contribution in [2.75, 3.05) is 26.3 Å². The number of ether oxygens (including phenoxy) is 2. The number of esters is 1. The van der Waals surface area contributed by atoms with Crippen LogP contribution < -0.4 is 10.1 Å². The molecule has 0 bridgehead atoms. The van der Waals surface area contributed by atoms with Crippen LogP contribution in [-0.2, 0) is 19.1 Å². The Morgan fingerprint density at radius 3 is 2.79 bits per heavy atom. The van der Waals surface area contributed by atoms with Crippen LogP contribution in [0.5, 0.6) is 5.75 Å². The number of nitrogens with one attached hydrogen (secondary N) is 1.